The van der Waals surface area contributed by atoms with Gasteiger partial charge < -0.3 is 14.8 Å². The van der Waals surface area contributed by atoms with Gasteiger partial charge in [0, 0.05) is 11.8 Å². The number of aromatic nitrogens is 1. The summed E-state index contributed by atoms with van der Waals surface area (Å²) < 4.78 is 11.6. The number of nitrogens with one attached hydrogen (secondary N) is 1. The Morgan fingerprint density at radius 3 is 2.65 bits per heavy atom. The lowest BCUT2D eigenvalue weighted by Gasteiger charge is -2.15. The molecule has 1 aromatic heterocycles. The fourth-order valence-corrected chi connectivity index (χ4v) is 3.68. The standard InChI is InChI=1S/C19H21N3O3S/c1-22(12-19-21-14-6-4-5-7-17(14)26-19)11-18(23)20-13-8-9-15(24-2)16(10-13)25-3/h4-10H,11-12H2,1-3H3,(H,20,23). The van der Waals surface area contributed by atoms with Gasteiger partial charge in [0.25, 0.3) is 0 Å². The van der Waals surface area contributed by atoms with Crippen LogP contribution in [0.3, 0.4) is 0 Å². The van der Waals surface area contributed by atoms with E-state index < -0.39 is 0 Å². The third kappa shape index (κ3) is 4.30. The Bertz CT molecular complexity index is 877. The van der Waals surface area contributed by atoms with E-state index in [9.17, 15) is 4.79 Å². The summed E-state index contributed by atoms with van der Waals surface area (Å²) in [5.74, 6) is 1.10. The molecular weight excluding hydrogens is 350 g/mol. The number of carbonyl (C=O) groups is 1. The van der Waals surface area contributed by atoms with Gasteiger partial charge >= 0.3 is 0 Å². The minimum Gasteiger partial charge on any atom is -0.493 e. The number of thiazole rings is 1. The molecule has 0 saturated carbocycles. The van der Waals surface area contributed by atoms with Gasteiger partial charge in [-0.15, -0.1) is 11.3 Å². The van der Waals surface area contributed by atoms with Crippen LogP contribution in [0.4, 0.5) is 5.69 Å². The van der Waals surface area contributed by atoms with E-state index >= 15 is 0 Å². The second-order valence-corrected chi connectivity index (χ2v) is 6.98. The van der Waals surface area contributed by atoms with Crippen molar-refractivity contribution in [1.29, 1.82) is 0 Å². The zero-order valence-electron chi connectivity index (χ0n) is 15.0. The summed E-state index contributed by atoms with van der Waals surface area (Å²) in [6.45, 7) is 0.892. The van der Waals surface area contributed by atoms with Gasteiger partial charge in [0.05, 0.1) is 37.5 Å². The highest BCUT2D eigenvalue weighted by atomic mass is 32.1. The van der Waals surface area contributed by atoms with Crippen LogP contribution in [-0.2, 0) is 11.3 Å². The topological polar surface area (TPSA) is 63.7 Å². The Morgan fingerprint density at radius 1 is 1.15 bits per heavy atom. The SMILES string of the molecule is COc1ccc(NC(=O)CN(C)Cc2nc3ccccc3s2)cc1OC. The molecule has 0 atom stereocenters. The molecule has 0 aliphatic rings. The van der Waals surface area contributed by atoms with Crippen molar-refractivity contribution in [2.45, 2.75) is 6.54 Å². The molecule has 0 radical (unpaired) electrons. The number of carbonyl (C=O) groups excluding carboxylic acids is 1. The quantitative estimate of drug-likeness (QED) is 0.690. The van der Waals surface area contributed by atoms with Crippen LogP contribution in [0.15, 0.2) is 42.5 Å². The Morgan fingerprint density at radius 2 is 1.92 bits per heavy atom. The number of fused-ring (bicyclic) bond motifs is 1. The number of nitrogens with zero attached hydrogens (tertiary/aromatic N) is 2. The second-order valence-electron chi connectivity index (χ2n) is 5.87. The maximum atomic E-state index is 12.3. The van der Waals surface area contributed by atoms with Crippen molar-refractivity contribution in [3.05, 3.63) is 47.5 Å². The van der Waals surface area contributed by atoms with Crippen LogP contribution in [-0.4, -0.2) is 43.6 Å². The summed E-state index contributed by atoms with van der Waals surface area (Å²) in [6, 6.07) is 13.3. The van der Waals surface area contributed by atoms with Crippen LogP contribution in [0.5, 0.6) is 11.5 Å². The molecule has 0 aliphatic heterocycles. The Labute approximate surface area is 156 Å². The monoisotopic (exact) mass is 371 g/mol. The van der Waals surface area contributed by atoms with Crippen molar-refractivity contribution in [2.24, 2.45) is 0 Å². The van der Waals surface area contributed by atoms with E-state index in [1.165, 1.54) is 0 Å². The molecule has 136 valence electrons. The van der Waals surface area contributed by atoms with Gasteiger partial charge in [-0.1, -0.05) is 12.1 Å². The normalized spacial score (nSPS) is 10.9. The average molecular weight is 371 g/mol. The smallest absolute Gasteiger partial charge is 0.238 e. The number of methoxy groups -OCH3 is 2. The van der Waals surface area contributed by atoms with Gasteiger partial charge in [-0.3, -0.25) is 9.69 Å². The predicted molar refractivity (Wildman–Crippen MR) is 104 cm³/mol. The summed E-state index contributed by atoms with van der Waals surface area (Å²) in [5.41, 5.74) is 1.66. The highest BCUT2D eigenvalue weighted by Gasteiger charge is 2.12. The van der Waals surface area contributed by atoms with E-state index in [0.717, 1.165) is 15.2 Å². The first-order valence-corrected chi connectivity index (χ1v) is 8.95. The molecule has 7 heteroatoms. The molecule has 1 N–H and O–H groups in total. The first kappa shape index (κ1) is 18.2. The number of para-hydroxylation sites is 1. The zero-order chi connectivity index (χ0) is 18.5. The minimum absolute atomic E-state index is 0.0965. The van der Waals surface area contributed by atoms with Gasteiger partial charge in [0.2, 0.25) is 5.91 Å². The molecule has 0 fully saturated rings. The molecule has 26 heavy (non-hydrogen) atoms. The van der Waals surface area contributed by atoms with Gasteiger partial charge in [-0.05, 0) is 31.3 Å². The highest BCUT2D eigenvalue weighted by molar-refractivity contribution is 7.18. The van der Waals surface area contributed by atoms with E-state index in [4.69, 9.17) is 9.47 Å². The molecule has 0 aliphatic carbocycles. The number of anilines is 1. The van der Waals surface area contributed by atoms with Crippen molar-refractivity contribution in [2.75, 3.05) is 33.1 Å². The Kier molecular flexibility index (Phi) is 5.70. The van der Waals surface area contributed by atoms with Gasteiger partial charge in [-0.2, -0.15) is 0 Å². The van der Waals surface area contributed by atoms with E-state index in [1.807, 2.05) is 30.1 Å². The summed E-state index contributed by atoms with van der Waals surface area (Å²) in [7, 11) is 5.04. The molecular formula is C19H21N3O3S. The molecule has 1 heterocycles. The van der Waals surface area contributed by atoms with Gasteiger partial charge in [0.1, 0.15) is 5.01 Å². The Hall–Kier alpha value is -2.64. The van der Waals surface area contributed by atoms with Crippen LogP contribution >= 0.6 is 11.3 Å². The van der Waals surface area contributed by atoms with Crippen molar-refractivity contribution in [3.8, 4) is 11.5 Å². The number of ether oxygens (including phenoxy) is 2. The molecule has 0 saturated heterocycles. The number of hydrogen-bond acceptors (Lipinski definition) is 6. The van der Waals surface area contributed by atoms with Crippen LogP contribution in [0, 0.1) is 0 Å². The van der Waals surface area contributed by atoms with Crippen LogP contribution in [0.25, 0.3) is 10.2 Å². The summed E-state index contributed by atoms with van der Waals surface area (Å²) in [5, 5.41) is 3.87. The lowest BCUT2D eigenvalue weighted by molar-refractivity contribution is -0.117. The first-order chi connectivity index (χ1) is 12.6. The fraction of sp³-hybridized carbons (Fsp3) is 0.263. The average Bonchev–Trinajstić information content (AvgIpc) is 3.03. The fourth-order valence-electron chi connectivity index (χ4n) is 2.63. The van der Waals surface area contributed by atoms with Crippen molar-refractivity contribution in [1.82, 2.24) is 9.88 Å². The molecule has 1 amide bonds. The summed E-state index contributed by atoms with van der Waals surface area (Å²) >= 11 is 1.65. The zero-order valence-corrected chi connectivity index (χ0v) is 15.8. The van der Waals surface area contributed by atoms with Crippen molar-refractivity contribution < 1.29 is 14.3 Å². The van der Waals surface area contributed by atoms with E-state index in [-0.39, 0.29) is 12.5 Å². The summed E-state index contributed by atoms with van der Waals surface area (Å²) in [6.07, 6.45) is 0. The maximum absolute atomic E-state index is 12.3. The second kappa shape index (κ2) is 8.16. The number of hydrogen-bond donors (Lipinski definition) is 1. The number of amides is 1. The maximum Gasteiger partial charge on any atom is 0.238 e. The molecule has 6 nitrogen and oxygen atoms in total. The molecule has 0 spiro atoms. The lowest BCUT2D eigenvalue weighted by atomic mass is 10.2. The van der Waals surface area contributed by atoms with Gasteiger partial charge in [-0.25, -0.2) is 4.98 Å². The van der Waals surface area contributed by atoms with Crippen LogP contribution in [0.1, 0.15) is 5.01 Å². The number of likely N-dealkylation sites (N-methyl/N-ethyl adjacent to an activating group) is 1. The minimum atomic E-state index is -0.0965. The van der Waals surface area contributed by atoms with Gasteiger partial charge in [0.15, 0.2) is 11.5 Å². The van der Waals surface area contributed by atoms with E-state index in [2.05, 4.69) is 16.4 Å². The molecule has 0 bridgehead atoms. The molecule has 3 rings (SSSR count). The number of benzene rings is 2. The van der Waals surface area contributed by atoms with Crippen molar-refractivity contribution >= 4 is 33.1 Å². The highest BCUT2D eigenvalue weighted by Crippen LogP contribution is 2.29. The van der Waals surface area contributed by atoms with Crippen LogP contribution < -0.4 is 14.8 Å². The first-order valence-electron chi connectivity index (χ1n) is 8.14. The van der Waals surface area contributed by atoms with Crippen molar-refractivity contribution in [3.63, 3.8) is 0 Å². The third-order valence-corrected chi connectivity index (χ3v) is 4.85. The lowest BCUT2D eigenvalue weighted by Crippen LogP contribution is -2.29. The molecule has 3 aromatic rings. The number of rotatable bonds is 7. The summed E-state index contributed by atoms with van der Waals surface area (Å²) in [4.78, 5) is 18.8. The Balaban J connectivity index is 1.58. The molecule has 0 unspecified atom stereocenters. The van der Waals surface area contributed by atoms with Crippen LogP contribution in [0.2, 0.25) is 0 Å². The molecule has 2 aromatic carbocycles. The predicted octanol–water partition coefficient (Wildman–Crippen LogP) is 3.38. The van der Waals surface area contributed by atoms with E-state index in [1.54, 1.807) is 43.8 Å². The third-order valence-electron chi connectivity index (χ3n) is 3.82. The largest absolute Gasteiger partial charge is 0.493 e. The van der Waals surface area contributed by atoms with E-state index in [0.29, 0.717) is 23.7 Å².